The summed E-state index contributed by atoms with van der Waals surface area (Å²) in [5.41, 5.74) is -0.434. The van der Waals surface area contributed by atoms with Crippen LogP contribution in [0.1, 0.15) is 18.7 Å². The van der Waals surface area contributed by atoms with Gasteiger partial charge in [0.1, 0.15) is 4.21 Å². The van der Waals surface area contributed by atoms with Gasteiger partial charge >= 0.3 is 0 Å². The lowest BCUT2D eigenvalue weighted by Crippen LogP contribution is -2.45. The van der Waals surface area contributed by atoms with Gasteiger partial charge < -0.3 is 0 Å². The van der Waals surface area contributed by atoms with Crippen molar-refractivity contribution in [1.82, 2.24) is 4.31 Å². The predicted octanol–water partition coefficient (Wildman–Crippen LogP) is 2.85. The Morgan fingerprint density at radius 2 is 2.00 bits per heavy atom. The zero-order valence-corrected chi connectivity index (χ0v) is 13.0. The molecular formula is C10H16BrNO2S2. The lowest BCUT2D eigenvalue weighted by Gasteiger charge is -2.32. The van der Waals surface area contributed by atoms with Crippen molar-refractivity contribution < 1.29 is 8.42 Å². The number of halogens is 1. The van der Waals surface area contributed by atoms with Crippen molar-refractivity contribution in [1.29, 1.82) is 0 Å². The Labute approximate surface area is 110 Å². The van der Waals surface area contributed by atoms with Gasteiger partial charge in [0.25, 0.3) is 10.0 Å². The highest BCUT2D eigenvalue weighted by Crippen LogP contribution is 2.28. The molecule has 0 bridgehead atoms. The monoisotopic (exact) mass is 325 g/mol. The van der Waals surface area contributed by atoms with Crippen molar-refractivity contribution in [2.75, 3.05) is 12.4 Å². The number of hydrogen-bond donors (Lipinski definition) is 0. The summed E-state index contributed by atoms with van der Waals surface area (Å²) < 4.78 is 26.4. The largest absolute Gasteiger partial charge is 0.252 e. The van der Waals surface area contributed by atoms with Crippen molar-refractivity contribution in [3.63, 3.8) is 0 Å². The van der Waals surface area contributed by atoms with Crippen LogP contribution in [0.3, 0.4) is 0 Å². The average molecular weight is 326 g/mol. The third kappa shape index (κ3) is 2.67. The first-order chi connectivity index (χ1) is 7.21. The average Bonchev–Trinajstić information content (AvgIpc) is 2.64. The van der Waals surface area contributed by atoms with Gasteiger partial charge in [-0.3, -0.25) is 0 Å². The Bertz CT molecular complexity index is 465. The van der Waals surface area contributed by atoms with Crippen LogP contribution in [0.2, 0.25) is 0 Å². The zero-order chi connectivity index (χ0) is 12.6. The fourth-order valence-electron chi connectivity index (χ4n) is 1.10. The Kier molecular flexibility index (Phi) is 4.21. The second-order valence-corrected chi connectivity index (χ2v) is 8.33. The third-order valence-electron chi connectivity index (χ3n) is 2.51. The van der Waals surface area contributed by atoms with Crippen LogP contribution in [0.15, 0.2) is 16.3 Å². The molecule has 16 heavy (non-hydrogen) atoms. The number of sulfonamides is 1. The first-order valence-electron chi connectivity index (χ1n) is 4.83. The maximum absolute atomic E-state index is 12.3. The second kappa shape index (κ2) is 4.76. The Morgan fingerprint density at radius 1 is 1.44 bits per heavy atom. The van der Waals surface area contributed by atoms with Gasteiger partial charge in [-0.15, -0.1) is 11.3 Å². The maximum Gasteiger partial charge on any atom is 0.252 e. The van der Waals surface area contributed by atoms with Gasteiger partial charge in [-0.2, -0.15) is 4.31 Å². The van der Waals surface area contributed by atoms with Crippen LogP contribution >= 0.6 is 27.3 Å². The first kappa shape index (κ1) is 14.2. The molecule has 3 nitrogen and oxygen atoms in total. The van der Waals surface area contributed by atoms with Crippen LogP contribution in [0, 0.1) is 6.92 Å². The fraction of sp³-hybridized carbons (Fsp3) is 0.600. The Hall–Kier alpha value is 0.0900. The van der Waals surface area contributed by atoms with Crippen LogP contribution in [0.4, 0.5) is 0 Å². The maximum atomic E-state index is 12.3. The van der Waals surface area contributed by atoms with Gasteiger partial charge in [-0.05, 0) is 32.9 Å². The molecule has 0 N–H and O–H groups in total. The zero-order valence-electron chi connectivity index (χ0n) is 9.82. The van der Waals surface area contributed by atoms with Crippen LogP contribution in [-0.2, 0) is 10.0 Å². The third-order valence-corrected chi connectivity index (χ3v) is 7.42. The molecule has 0 spiro atoms. The number of hydrogen-bond acceptors (Lipinski definition) is 3. The van der Waals surface area contributed by atoms with Crippen LogP contribution in [-0.4, -0.2) is 30.6 Å². The van der Waals surface area contributed by atoms with Crippen molar-refractivity contribution in [2.24, 2.45) is 0 Å². The summed E-state index contributed by atoms with van der Waals surface area (Å²) in [6.07, 6.45) is 0. The molecular weight excluding hydrogens is 310 g/mol. The molecule has 0 aliphatic heterocycles. The standard InChI is InChI=1S/C10H16BrNO2S2/c1-8-5-6-9(15-8)16(13,14)12(4)10(2,3)7-11/h5-6H,7H2,1-4H3. The molecule has 0 unspecified atom stereocenters. The van der Waals surface area contributed by atoms with Gasteiger partial charge in [-0.1, -0.05) is 15.9 Å². The summed E-state index contributed by atoms with van der Waals surface area (Å²) in [5, 5.41) is 0.597. The molecule has 1 rings (SSSR count). The highest BCUT2D eigenvalue weighted by molar-refractivity contribution is 9.09. The minimum Gasteiger partial charge on any atom is -0.206 e. The van der Waals surface area contributed by atoms with Gasteiger partial charge in [0, 0.05) is 22.8 Å². The SMILES string of the molecule is Cc1ccc(S(=O)(=O)N(C)C(C)(C)CBr)s1. The van der Waals surface area contributed by atoms with Crippen LogP contribution in [0.25, 0.3) is 0 Å². The number of aryl methyl sites for hydroxylation is 1. The molecule has 1 heterocycles. The van der Waals surface area contributed by atoms with E-state index < -0.39 is 15.6 Å². The Balaban J connectivity index is 3.13. The van der Waals surface area contributed by atoms with E-state index in [0.29, 0.717) is 9.54 Å². The van der Waals surface area contributed by atoms with Crippen molar-refractivity contribution in [3.8, 4) is 0 Å². The van der Waals surface area contributed by atoms with Crippen molar-refractivity contribution in [3.05, 3.63) is 17.0 Å². The fourth-order valence-corrected chi connectivity index (χ4v) is 4.60. The number of nitrogens with zero attached hydrogens (tertiary/aromatic N) is 1. The molecule has 0 aliphatic rings. The summed E-state index contributed by atoms with van der Waals surface area (Å²) in [6, 6.07) is 3.49. The second-order valence-electron chi connectivity index (χ2n) is 4.28. The summed E-state index contributed by atoms with van der Waals surface area (Å²) in [6.45, 7) is 5.68. The summed E-state index contributed by atoms with van der Waals surface area (Å²) in [5.74, 6) is 0. The normalized spacial score (nSPS) is 13.4. The summed E-state index contributed by atoms with van der Waals surface area (Å²) in [4.78, 5) is 1.00. The van der Waals surface area contributed by atoms with E-state index in [1.807, 2.05) is 26.8 Å². The highest BCUT2D eigenvalue weighted by Gasteiger charge is 2.33. The van der Waals surface area contributed by atoms with E-state index in [1.54, 1.807) is 13.1 Å². The van der Waals surface area contributed by atoms with E-state index in [2.05, 4.69) is 15.9 Å². The quantitative estimate of drug-likeness (QED) is 0.798. The molecule has 0 atom stereocenters. The molecule has 0 aliphatic carbocycles. The minimum atomic E-state index is -3.37. The smallest absolute Gasteiger partial charge is 0.206 e. The molecule has 1 aromatic heterocycles. The van der Waals surface area contributed by atoms with Crippen molar-refractivity contribution in [2.45, 2.75) is 30.5 Å². The summed E-state index contributed by atoms with van der Waals surface area (Å²) in [7, 11) is -1.75. The van der Waals surface area contributed by atoms with E-state index >= 15 is 0 Å². The van der Waals surface area contributed by atoms with Gasteiger partial charge in [0.2, 0.25) is 0 Å². The van der Waals surface area contributed by atoms with Crippen molar-refractivity contribution >= 4 is 37.3 Å². The van der Waals surface area contributed by atoms with E-state index in [1.165, 1.54) is 15.6 Å². The lowest BCUT2D eigenvalue weighted by molar-refractivity contribution is 0.300. The van der Waals surface area contributed by atoms with Crippen LogP contribution in [0.5, 0.6) is 0 Å². The summed E-state index contributed by atoms with van der Waals surface area (Å²) >= 11 is 4.64. The highest BCUT2D eigenvalue weighted by atomic mass is 79.9. The number of rotatable bonds is 4. The molecule has 6 heteroatoms. The molecule has 0 saturated carbocycles. The molecule has 92 valence electrons. The van der Waals surface area contributed by atoms with E-state index in [0.717, 1.165) is 4.88 Å². The molecule has 0 fully saturated rings. The number of thiophene rings is 1. The van der Waals surface area contributed by atoms with Gasteiger partial charge in [0.15, 0.2) is 0 Å². The first-order valence-corrected chi connectivity index (χ1v) is 8.21. The van der Waals surface area contributed by atoms with Gasteiger partial charge in [0.05, 0.1) is 0 Å². The predicted molar refractivity (Wildman–Crippen MR) is 71.9 cm³/mol. The minimum absolute atomic E-state index is 0.404. The molecule has 0 saturated heterocycles. The molecule has 0 radical (unpaired) electrons. The lowest BCUT2D eigenvalue weighted by atomic mass is 10.1. The van der Waals surface area contributed by atoms with Gasteiger partial charge in [-0.25, -0.2) is 8.42 Å². The molecule has 0 amide bonds. The Morgan fingerprint density at radius 3 is 2.38 bits per heavy atom. The van der Waals surface area contributed by atoms with E-state index in [9.17, 15) is 8.42 Å². The van der Waals surface area contributed by atoms with E-state index in [-0.39, 0.29) is 0 Å². The molecule has 0 aromatic carbocycles. The molecule has 1 aromatic rings. The van der Waals surface area contributed by atoms with Crippen LogP contribution < -0.4 is 0 Å². The number of alkyl halides is 1. The topological polar surface area (TPSA) is 37.4 Å². The van der Waals surface area contributed by atoms with E-state index in [4.69, 9.17) is 0 Å².